The van der Waals surface area contributed by atoms with Crippen molar-refractivity contribution in [2.24, 2.45) is 0 Å². The summed E-state index contributed by atoms with van der Waals surface area (Å²) in [5, 5.41) is 0. The standard InChI is InChI=1S/CH6O4P2/c1-6(2)5-7(3)4/h2-4H,1H3. The molecule has 0 aliphatic heterocycles. The van der Waals surface area contributed by atoms with E-state index >= 15 is 0 Å². The maximum absolute atomic E-state index is 8.26. The normalized spacial score (nSPS) is 15.0. The highest BCUT2D eigenvalue weighted by Crippen LogP contribution is 2.42. The van der Waals surface area contributed by atoms with E-state index in [1.54, 1.807) is 0 Å². The van der Waals surface area contributed by atoms with Crippen LogP contribution in [0.4, 0.5) is 0 Å². The van der Waals surface area contributed by atoms with Crippen molar-refractivity contribution in [2.45, 2.75) is 0 Å². The van der Waals surface area contributed by atoms with Gasteiger partial charge in [0.15, 0.2) is 8.38 Å². The van der Waals surface area contributed by atoms with Crippen LogP contribution in [0.1, 0.15) is 0 Å². The predicted molar refractivity (Wildman–Crippen MR) is 27.5 cm³/mol. The van der Waals surface area contributed by atoms with Gasteiger partial charge in [-0.05, 0) is 0 Å². The first-order valence-corrected chi connectivity index (χ1v) is 4.24. The predicted octanol–water partition coefficient (Wildman–Crippen LogP) is 0.148. The van der Waals surface area contributed by atoms with Gasteiger partial charge in [-0.3, -0.25) is 4.31 Å². The summed E-state index contributed by atoms with van der Waals surface area (Å²) in [5.74, 6) is 0. The van der Waals surface area contributed by atoms with Crippen molar-refractivity contribution in [1.29, 1.82) is 0 Å². The zero-order valence-corrected chi connectivity index (χ0v) is 5.43. The average Bonchev–Trinajstić information content (AvgIpc) is 1.27. The molecule has 0 amide bonds. The van der Waals surface area contributed by atoms with E-state index in [1.165, 1.54) is 6.66 Å². The first kappa shape index (κ1) is 7.70. The van der Waals surface area contributed by atoms with Crippen LogP contribution in [0, 0.1) is 0 Å². The Morgan fingerprint density at radius 2 is 1.71 bits per heavy atom. The van der Waals surface area contributed by atoms with E-state index in [1.807, 2.05) is 0 Å². The van der Waals surface area contributed by atoms with Crippen molar-refractivity contribution in [3.05, 3.63) is 0 Å². The summed E-state index contributed by atoms with van der Waals surface area (Å²) in [5.41, 5.74) is 0. The van der Waals surface area contributed by atoms with Crippen LogP contribution in [0.5, 0.6) is 0 Å². The zero-order chi connectivity index (χ0) is 5.86. The Bertz CT molecular complexity index is 39.0. The van der Waals surface area contributed by atoms with Crippen LogP contribution < -0.4 is 0 Å². The monoisotopic (exact) mass is 144 g/mol. The van der Waals surface area contributed by atoms with Crippen molar-refractivity contribution < 1.29 is 19.0 Å². The second-order valence-corrected chi connectivity index (χ2v) is 2.89. The van der Waals surface area contributed by atoms with E-state index in [0.29, 0.717) is 0 Å². The summed E-state index contributed by atoms with van der Waals surface area (Å²) in [6.45, 7) is 1.36. The van der Waals surface area contributed by atoms with Gasteiger partial charge in [-0.1, -0.05) is 0 Å². The van der Waals surface area contributed by atoms with Gasteiger partial charge in [-0.2, -0.15) is 0 Å². The molecule has 0 saturated carbocycles. The Hall–Kier alpha value is 0.700. The lowest BCUT2D eigenvalue weighted by atomic mass is 12.0. The van der Waals surface area contributed by atoms with Crippen molar-refractivity contribution >= 4 is 17.0 Å². The Morgan fingerprint density at radius 3 is 1.71 bits per heavy atom. The second-order valence-electron chi connectivity index (χ2n) is 0.799. The Labute approximate surface area is 43.7 Å². The lowest BCUT2D eigenvalue weighted by Crippen LogP contribution is -1.72. The molecule has 0 aliphatic carbocycles. The average molecular weight is 144 g/mol. The largest absolute Gasteiger partial charge is 0.350 e. The van der Waals surface area contributed by atoms with Crippen LogP contribution in [-0.4, -0.2) is 21.3 Å². The fourth-order valence-corrected chi connectivity index (χ4v) is 0.951. The lowest BCUT2D eigenvalue weighted by molar-refractivity contribution is 0.371. The fourth-order valence-electron chi connectivity index (χ4n) is 0.106. The zero-order valence-electron chi connectivity index (χ0n) is 3.64. The van der Waals surface area contributed by atoms with E-state index in [2.05, 4.69) is 4.31 Å². The summed E-state index contributed by atoms with van der Waals surface area (Å²) in [6.07, 6.45) is 0. The van der Waals surface area contributed by atoms with Crippen molar-refractivity contribution in [2.75, 3.05) is 6.66 Å². The highest BCUT2D eigenvalue weighted by Gasteiger charge is 2.02. The highest BCUT2D eigenvalue weighted by molar-refractivity contribution is 7.56. The minimum absolute atomic E-state index is 1.36. The molecule has 0 fully saturated rings. The highest BCUT2D eigenvalue weighted by atomic mass is 31.2. The molecule has 0 aliphatic rings. The van der Waals surface area contributed by atoms with Crippen LogP contribution in [0.15, 0.2) is 0 Å². The molecule has 0 bridgehead atoms. The second kappa shape index (κ2) is 3.67. The summed E-state index contributed by atoms with van der Waals surface area (Å²) in [6, 6.07) is 0. The van der Waals surface area contributed by atoms with Crippen molar-refractivity contribution in [3.8, 4) is 0 Å². The van der Waals surface area contributed by atoms with Gasteiger partial charge in [0.1, 0.15) is 0 Å². The molecule has 3 N–H and O–H groups in total. The molecular formula is CH6O4P2. The molecule has 44 valence electrons. The van der Waals surface area contributed by atoms with Crippen LogP contribution in [-0.2, 0) is 4.31 Å². The van der Waals surface area contributed by atoms with Crippen LogP contribution in [0.2, 0.25) is 0 Å². The van der Waals surface area contributed by atoms with Crippen LogP contribution in [0.25, 0.3) is 0 Å². The maximum atomic E-state index is 8.26. The third kappa shape index (κ3) is 6.70. The van der Waals surface area contributed by atoms with Gasteiger partial charge in [0.05, 0.1) is 0 Å². The third-order valence-electron chi connectivity index (χ3n) is 0.191. The van der Waals surface area contributed by atoms with Gasteiger partial charge in [0, 0.05) is 6.66 Å². The molecular weight excluding hydrogens is 138 g/mol. The third-order valence-corrected chi connectivity index (χ3v) is 1.72. The van der Waals surface area contributed by atoms with E-state index in [9.17, 15) is 0 Å². The summed E-state index contributed by atoms with van der Waals surface area (Å²) in [4.78, 5) is 24.2. The minimum atomic E-state index is -2.36. The van der Waals surface area contributed by atoms with Gasteiger partial charge in [0.25, 0.3) is 0 Å². The molecule has 1 unspecified atom stereocenters. The summed E-state index contributed by atoms with van der Waals surface area (Å²) < 4.78 is 4.05. The molecule has 4 nitrogen and oxygen atoms in total. The molecule has 0 saturated heterocycles. The first-order chi connectivity index (χ1) is 3.13. The van der Waals surface area contributed by atoms with E-state index in [0.717, 1.165) is 0 Å². The Morgan fingerprint density at radius 1 is 1.29 bits per heavy atom. The summed E-state index contributed by atoms with van der Waals surface area (Å²) in [7, 11) is -3.97. The van der Waals surface area contributed by atoms with Gasteiger partial charge in [0.2, 0.25) is 0 Å². The fraction of sp³-hybridized carbons (Fsp3) is 1.00. The summed E-state index contributed by atoms with van der Waals surface area (Å²) >= 11 is 0. The number of rotatable bonds is 2. The topological polar surface area (TPSA) is 69.9 Å². The molecule has 1 atom stereocenters. The SMILES string of the molecule is CP(O)OP(O)O. The molecule has 6 heteroatoms. The quantitative estimate of drug-likeness (QED) is 0.482. The smallest absolute Gasteiger partial charge is 0.332 e. The molecule has 0 radical (unpaired) electrons. The Balaban J connectivity index is 2.95. The molecule has 0 aromatic rings. The number of hydrogen-bond acceptors (Lipinski definition) is 4. The van der Waals surface area contributed by atoms with Gasteiger partial charge in [-0.15, -0.1) is 0 Å². The van der Waals surface area contributed by atoms with E-state index in [4.69, 9.17) is 14.7 Å². The maximum Gasteiger partial charge on any atom is 0.332 e. The first-order valence-electron chi connectivity index (χ1n) is 1.41. The lowest BCUT2D eigenvalue weighted by Gasteiger charge is -2.02. The van der Waals surface area contributed by atoms with Crippen LogP contribution >= 0.6 is 17.0 Å². The molecule has 7 heavy (non-hydrogen) atoms. The Kier molecular flexibility index (Phi) is 4.04. The van der Waals surface area contributed by atoms with Gasteiger partial charge >= 0.3 is 8.60 Å². The van der Waals surface area contributed by atoms with Gasteiger partial charge < -0.3 is 14.7 Å². The van der Waals surface area contributed by atoms with Crippen LogP contribution in [0.3, 0.4) is 0 Å². The van der Waals surface area contributed by atoms with E-state index < -0.39 is 17.0 Å². The van der Waals surface area contributed by atoms with E-state index in [-0.39, 0.29) is 0 Å². The molecule has 0 rings (SSSR count). The molecule has 0 aromatic carbocycles. The molecule has 0 spiro atoms. The van der Waals surface area contributed by atoms with Gasteiger partial charge in [-0.25, -0.2) is 0 Å². The molecule has 0 heterocycles. The van der Waals surface area contributed by atoms with Crippen molar-refractivity contribution in [3.63, 3.8) is 0 Å². The molecule has 0 aromatic heterocycles. The number of hydrogen-bond donors (Lipinski definition) is 3. The minimum Gasteiger partial charge on any atom is -0.350 e. The van der Waals surface area contributed by atoms with Crippen molar-refractivity contribution in [1.82, 2.24) is 0 Å².